The molecule has 1 aliphatic carbocycles. The number of para-hydroxylation sites is 1. The fourth-order valence-electron chi connectivity index (χ4n) is 6.05. The molecule has 0 saturated carbocycles. The highest BCUT2D eigenvalue weighted by Crippen LogP contribution is 2.43. The minimum Gasteiger partial charge on any atom is -0.462 e. The van der Waals surface area contributed by atoms with Gasteiger partial charge in [0.2, 0.25) is 10.0 Å². The van der Waals surface area contributed by atoms with E-state index in [1.54, 1.807) is 25.3 Å². The second-order valence-corrected chi connectivity index (χ2v) is 13.5. The van der Waals surface area contributed by atoms with Crippen molar-refractivity contribution in [3.05, 3.63) is 121 Å². The standard InChI is InChI=1S/C38H34N4O5S/c1-2-37(43)46-29-19-22-42(23-20-29)48(44,45)35-13-7-6-12-32(35)38-30-17-15-27(40-26-10-4-3-5-11-26)24-33(30)47-34-25-28(16-18-31(34)38)41-36-14-8-9-21-39-36/h3-18,21,24-25,29,40H,2,19-20,22-23H2,1H3. The predicted molar refractivity (Wildman–Crippen MR) is 186 cm³/mol. The number of carbonyl (C=O) groups excluding carboxylic acids is 1. The first-order valence-electron chi connectivity index (χ1n) is 16.0. The molecule has 3 aromatic carbocycles. The Labute approximate surface area is 278 Å². The van der Waals surface area contributed by atoms with Crippen molar-refractivity contribution in [1.82, 2.24) is 9.29 Å². The van der Waals surface area contributed by atoms with Gasteiger partial charge in [-0.25, -0.2) is 18.4 Å². The Hall–Kier alpha value is -5.32. The molecule has 7 rings (SSSR count). The minimum atomic E-state index is -3.91. The Bertz CT molecular complexity index is 2230. The third kappa shape index (κ3) is 6.45. The summed E-state index contributed by atoms with van der Waals surface area (Å²) in [6, 6.07) is 34.0. The first kappa shape index (κ1) is 31.3. The molecule has 0 amide bonds. The van der Waals surface area contributed by atoms with E-state index in [2.05, 4.69) is 15.3 Å². The predicted octanol–water partition coefficient (Wildman–Crippen LogP) is 7.68. The number of esters is 1. The third-order valence-electron chi connectivity index (χ3n) is 8.42. The average Bonchev–Trinajstić information content (AvgIpc) is 3.11. The second kappa shape index (κ2) is 13.4. The maximum Gasteiger partial charge on any atom is 0.305 e. The largest absolute Gasteiger partial charge is 0.462 e. The Morgan fingerprint density at radius 3 is 2.44 bits per heavy atom. The van der Waals surface area contributed by atoms with E-state index in [0.717, 1.165) is 27.9 Å². The van der Waals surface area contributed by atoms with Gasteiger partial charge in [-0.2, -0.15) is 4.31 Å². The Morgan fingerprint density at radius 1 is 0.896 bits per heavy atom. The van der Waals surface area contributed by atoms with Crippen molar-refractivity contribution in [2.75, 3.05) is 18.4 Å². The number of sulfonamides is 1. The molecular formula is C38H34N4O5S. The van der Waals surface area contributed by atoms with Gasteiger partial charge in [-0.05, 0) is 67.4 Å². The molecule has 2 aliphatic heterocycles. The van der Waals surface area contributed by atoms with E-state index in [0.29, 0.717) is 47.3 Å². The zero-order chi connectivity index (χ0) is 33.1. The molecule has 3 aliphatic rings. The van der Waals surface area contributed by atoms with Gasteiger partial charge in [0.15, 0.2) is 5.82 Å². The van der Waals surface area contributed by atoms with Crippen LogP contribution in [0.25, 0.3) is 33.4 Å². The summed E-state index contributed by atoms with van der Waals surface area (Å²) in [5.41, 5.74) is 4.40. The van der Waals surface area contributed by atoms with Crippen LogP contribution in [0.3, 0.4) is 0 Å². The number of hydrogen-bond donors (Lipinski definition) is 1. The lowest BCUT2D eigenvalue weighted by molar-refractivity contribution is -0.150. The number of ether oxygens (including phenoxy) is 1. The van der Waals surface area contributed by atoms with Crippen molar-refractivity contribution in [3.8, 4) is 22.5 Å². The van der Waals surface area contributed by atoms with Crippen LogP contribution in [0.4, 0.5) is 17.2 Å². The average molecular weight is 659 g/mol. The summed E-state index contributed by atoms with van der Waals surface area (Å²) in [5.74, 6) is 0.849. The van der Waals surface area contributed by atoms with Crippen LogP contribution in [0.15, 0.2) is 130 Å². The number of rotatable bonds is 8. The van der Waals surface area contributed by atoms with Crippen LogP contribution >= 0.6 is 0 Å². The quantitative estimate of drug-likeness (QED) is 0.132. The van der Waals surface area contributed by atoms with Crippen LogP contribution in [0.2, 0.25) is 0 Å². The zero-order valence-electron chi connectivity index (χ0n) is 26.4. The molecule has 3 heterocycles. The minimum absolute atomic E-state index is 0.205. The van der Waals surface area contributed by atoms with E-state index in [-0.39, 0.29) is 30.1 Å². The smallest absolute Gasteiger partial charge is 0.305 e. The molecule has 0 atom stereocenters. The summed E-state index contributed by atoms with van der Waals surface area (Å²) >= 11 is 0. The van der Waals surface area contributed by atoms with Crippen LogP contribution in [-0.2, 0) is 19.6 Å². The van der Waals surface area contributed by atoms with Crippen LogP contribution in [0.5, 0.6) is 0 Å². The SMILES string of the molecule is CCC(=O)OC1CCN(S(=O)(=O)c2ccccc2-c2c3ccc(=Nc4ccccn4)cc-3oc3cc(Nc4ccccc4)ccc23)CC1. The molecule has 0 bridgehead atoms. The number of anilines is 2. The van der Waals surface area contributed by atoms with E-state index in [9.17, 15) is 13.2 Å². The lowest BCUT2D eigenvalue weighted by Crippen LogP contribution is -2.41. The van der Waals surface area contributed by atoms with Gasteiger partial charge in [0.25, 0.3) is 0 Å². The highest BCUT2D eigenvalue weighted by Gasteiger charge is 2.33. The summed E-state index contributed by atoms with van der Waals surface area (Å²) in [6.45, 7) is 2.27. The summed E-state index contributed by atoms with van der Waals surface area (Å²) in [6.07, 6.45) is 2.59. The number of benzene rings is 4. The molecule has 0 radical (unpaired) electrons. The number of piperidine rings is 1. The molecule has 10 heteroatoms. The molecular weight excluding hydrogens is 625 g/mol. The maximum absolute atomic E-state index is 14.3. The molecule has 1 saturated heterocycles. The molecule has 0 unspecified atom stereocenters. The van der Waals surface area contributed by atoms with E-state index in [1.807, 2.05) is 97.1 Å². The first-order valence-corrected chi connectivity index (χ1v) is 17.4. The lowest BCUT2D eigenvalue weighted by Gasteiger charge is -2.31. The summed E-state index contributed by atoms with van der Waals surface area (Å²) in [7, 11) is -3.91. The van der Waals surface area contributed by atoms with E-state index >= 15 is 0 Å². The van der Waals surface area contributed by atoms with E-state index < -0.39 is 10.0 Å². The second-order valence-electron chi connectivity index (χ2n) is 11.6. The molecule has 1 aromatic heterocycles. The normalized spacial score (nSPS) is 14.7. The number of nitrogens with one attached hydrogen (secondary N) is 1. The van der Waals surface area contributed by atoms with Crippen LogP contribution in [-0.4, -0.2) is 42.9 Å². The third-order valence-corrected chi connectivity index (χ3v) is 10.4. The Morgan fingerprint density at radius 2 is 1.67 bits per heavy atom. The summed E-state index contributed by atoms with van der Waals surface area (Å²) < 4.78 is 42.2. The number of carbonyl (C=O) groups is 1. The zero-order valence-corrected chi connectivity index (χ0v) is 27.2. The van der Waals surface area contributed by atoms with E-state index in [4.69, 9.17) is 9.15 Å². The highest BCUT2D eigenvalue weighted by atomic mass is 32.2. The molecule has 48 heavy (non-hydrogen) atoms. The van der Waals surface area contributed by atoms with Crippen molar-refractivity contribution in [1.29, 1.82) is 0 Å². The number of fused-ring (bicyclic) bond motifs is 2. The first-order chi connectivity index (χ1) is 23.4. The molecule has 1 N–H and O–H groups in total. The molecule has 4 aromatic rings. The van der Waals surface area contributed by atoms with Crippen LogP contribution in [0, 0.1) is 0 Å². The van der Waals surface area contributed by atoms with Crippen molar-refractivity contribution in [2.24, 2.45) is 4.99 Å². The molecule has 0 spiro atoms. The molecule has 1 fully saturated rings. The fourth-order valence-corrected chi connectivity index (χ4v) is 7.72. The molecule has 242 valence electrons. The number of aromatic nitrogens is 1. The lowest BCUT2D eigenvalue weighted by atomic mass is 9.93. The maximum atomic E-state index is 14.3. The van der Waals surface area contributed by atoms with Crippen molar-refractivity contribution in [2.45, 2.75) is 37.2 Å². The van der Waals surface area contributed by atoms with Crippen LogP contribution in [0.1, 0.15) is 26.2 Å². The van der Waals surface area contributed by atoms with Gasteiger partial charge in [0, 0.05) is 71.3 Å². The van der Waals surface area contributed by atoms with E-state index in [1.165, 1.54) is 4.31 Å². The van der Waals surface area contributed by atoms with Gasteiger partial charge in [-0.15, -0.1) is 0 Å². The van der Waals surface area contributed by atoms with Gasteiger partial charge in [-0.3, -0.25) is 4.79 Å². The Balaban J connectivity index is 1.36. The number of hydrogen-bond acceptors (Lipinski definition) is 8. The van der Waals surface area contributed by atoms with Gasteiger partial charge in [0.05, 0.1) is 10.3 Å². The van der Waals surface area contributed by atoms with Crippen molar-refractivity contribution in [3.63, 3.8) is 0 Å². The monoisotopic (exact) mass is 658 g/mol. The topological polar surface area (TPSA) is 114 Å². The summed E-state index contributed by atoms with van der Waals surface area (Å²) in [4.78, 5) is 21.1. The van der Waals surface area contributed by atoms with Crippen molar-refractivity contribution < 1.29 is 22.4 Å². The van der Waals surface area contributed by atoms with Crippen LogP contribution < -0.4 is 10.7 Å². The van der Waals surface area contributed by atoms with Gasteiger partial charge < -0.3 is 14.5 Å². The number of pyridine rings is 1. The van der Waals surface area contributed by atoms with Gasteiger partial charge in [0.1, 0.15) is 17.4 Å². The summed E-state index contributed by atoms with van der Waals surface area (Å²) in [5, 5.41) is 4.85. The van der Waals surface area contributed by atoms with Gasteiger partial charge >= 0.3 is 5.97 Å². The molecule has 9 nitrogen and oxygen atoms in total. The Kier molecular flexibility index (Phi) is 8.75. The van der Waals surface area contributed by atoms with Gasteiger partial charge in [-0.1, -0.05) is 49.4 Å². The van der Waals surface area contributed by atoms with Crippen molar-refractivity contribution >= 4 is 44.2 Å². The fraction of sp³-hybridized carbons (Fsp3) is 0.184. The number of nitrogens with zero attached hydrogens (tertiary/aromatic N) is 3. The highest BCUT2D eigenvalue weighted by molar-refractivity contribution is 7.89.